The smallest absolute Gasteiger partial charge is 0.320 e. The first kappa shape index (κ1) is 20.0. The molecule has 30 heavy (non-hydrogen) atoms. The van der Waals surface area contributed by atoms with E-state index in [1.54, 1.807) is 29.2 Å². The summed E-state index contributed by atoms with van der Waals surface area (Å²) in [5.41, 5.74) is 2.93. The minimum Gasteiger partial charge on any atom is -0.385 e. The van der Waals surface area contributed by atoms with Crippen molar-refractivity contribution >= 4 is 28.3 Å². The maximum atomic E-state index is 13.6. The van der Waals surface area contributed by atoms with Gasteiger partial charge in [-0.05, 0) is 50.5 Å². The molecule has 0 saturated heterocycles. The maximum Gasteiger partial charge on any atom is 0.320 e. The highest BCUT2D eigenvalue weighted by atomic mass is 19.3. The molecular weight excluding hydrogens is 390 g/mol. The van der Waals surface area contributed by atoms with Crippen LogP contribution in [0.2, 0.25) is 0 Å². The van der Waals surface area contributed by atoms with Gasteiger partial charge in [-0.1, -0.05) is 35.5 Å². The highest BCUT2D eigenvalue weighted by molar-refractivity contribution is 5.99. The Bertz CT molecular complexity index is 1110. The van der Waals surface area contributed by atoms with Gasteiger partial charge in [-0.25, -0.2) is 4.98 Å². The van der Waals surface area contributed by atoms with Crippen molar-refractivity contribution in [2.24, 2.45) is 5.16 Å². The number of imidazole rings is 1. The summed E-state index contributed by atoms with van der Waals surface area (Å²) < 4.78 is 28.0. The Kier molecular flexibility index (Phi) is 5.48. The fraction of sp³-hybridized carbons (Fsp3) is 0.318. The van der Waals surface area contributed by atoms with Crippen LogP contribution >= 0.6 is 0 Å². The van der Waals surface area contributed by atoms with Crippen molar-refractivity contribution in [2.75, 3.05) is 11.5 Å². The van der Waals surface area contributed by atoms with E-state index in [1.807, 2.05) is 31.2 Å². The quantitative estimate of drug-likeness (QED) is 0.457. The number of hydrogen-bond donors (Lipinski definition) is 0. The van der Waals surface area contributed by atoms with Crippen LogP contribution in [-0.4, -0.2) is 33.8 Å². The Morgan fingerprint density at radius 1 is 1.23 bits per heavy atom. The fourth-order valence-electron chi connectivity index (χ4n) is 3.86. The van der Waals surface area contributed by atoms with Crippen LogP contribution in [0.4, 0.5) is 14.5 Å². The average molecular weight is 412 g/mol. The predicted molar refractivity (Wildman–Crippen MR) is 111 cm³/mol. The summed E-state index contributed by atoms with van der Waals surface area (Å²) in [6.07, 6.45) is 1.78. The molecule has 0 spiro atoms. The van der Waals surface area contributed by atoms with E-state index in [-0.39, 0.29) is 30.1 Å². The van der Waals surface area contributed by atoms with Crippen LogP contribution in [0.1, 0.15) is 38.2 Å². The van der Waals surface area contributed by atoms with Crippen LogP contribution in [-0.2, 0) is 16.1 Å². The van der Waals surface area contributed by atoms with Crippen molar-refractivity contribution in [1.82, 2.24) is 9.55 Å². The van der Waals surface area contributed by atoms with Crippen LogP contribution in [0.15, 0.2) is 53.7 Å². The highest BCUT2D eigenvalue weighted by Gasteiger charge is 2.28. The molecule has 1 aliphatic heterocycles. The van der Waals surface area contributed by atoms with Crippen molar-refractivity contribution in [3.63, 3.8) is 0 Å². The standard InChI is InChI=1S/C22H22F2N4O2/c1-14-11-12-16-7-3-5-9-18(16)27(14)20(29)13-30-26-15(2)21-25-17-8-4-6-10-19(17)28(21)22(23)24/h3-10,14,22H,11-13H2,1-2H3. The Morgan fingerprint density at radius 3 is 2.77 bits per heavy atom. The van der Waals surface area contributed by atoms with E-state index in [1.165, 1.54) is 6.92 Å². The molecule has 6 nitrogen and oxygen atoms in total. The van der Waals surface area contributed by atoms with E-state index in [0.29, 0.717) is 11.0 Å². The highest BCUT2D eigenvalue weighted by Crippen LogP contribution is 2.30. The second-order valence-electron chi connectivity index (χ2n) is 7.30. The molecule has 2 aromatic carbocycles. The minimum absolute atomic E-state index is 0.00957. The van der Waals surface area contributed by atoms with Crippen LogP contribution in [0.5, 0.6) is 0 Å². The molecule has 4 rings (SSSR count). The van der Waals surface area contributed by atoms with Crippen LogP contribution in [0.25, 0.3) is 11.0 Å². The number of alkyl halides is 2. The van der Waals surface area contributed by atoms with Gasteiger partial charge in [0.1, 0.15) is 5.71 Å². The van der Waals surface area contributed by atoms with Gasteiger partial charge in [-0.3, -0.25) is 9.36 Å². The third-order valence-electron chi connectivity index (χ3n) is 5.30. The number of para-hydroxylation sites is 3. The summed E-state index contributed by atoms with van der Waals surface area (Å²) in [4.78, 5) is 24.0. The third-order valence-corrected chi connectivity index (χ3v) is 5.30. The number of fused-ring (bicyclic) bond motifs is 2. The maximum absolute atomic E-state index is 13.6. The van der Waals surface area contributed by atoms with Gasteiger partial charge in [0, 0.05) is 11.7 Å². The molecule has 156 valence electrons. The molecule has 0 radical (unpaired) electrons. The largest absolute Gasteiger partial charge is 0.385 e. The second-order valence-corrected chi connectivity index (χ2v) is 7.30. The summed E-state index contributed by atoms with van der Waals surface area (Å²) in [7, 11) is 0. The molecule has 3 aromatic rings. The van der Waals surface area contributed by atoms with Gasteiger partial charge in [-0.15, -0.1) is 0 Å². The predicted octanol–water partition coefficient (Wildman–Crippen LogP) is 4.54. The lowest BCUT2D eigenvalue weighted by Crippen LogP contribution is -2.43. The van der Waals surface area contributed by atoms with Gasteiger partial charge in [0.15, 0.2) is 12.4 Å². The summed E-state index contributed by atoms with van der Waals surface area (Å²) in [6.45, 7) is 0.465. The van der Waals surface area contributed by atoms with E-state index in [9.17, 15) is 13.6 Å². The second kappa shape index (κ2) is 8.22. The molecule has 1 aliphatic rings. The SMILES string of the molecule is CC(=NOCC(=O)N1c2ccccc2CCC1C)c1nc2ccccc2n1C(F)F. The van der Waals surface area contributed by atoms with Gasteiger partial charge < -0.3 is 9.74 Å². The monoisotopic (exact) mass is 412 g/mol. The number of hydrogen-bond acceptors (Lipinski definition) is 4. The molecule has 2 heterocycles. The molecule has 0 fully saturated rings. The molecule has 0 aliphatic carbocycles. The van der Waals surface area contributed by atoms with Crippen molar-refractivity contribution < 1.29 is 18.4 Å². The molecule has 8 heteroatoms. The molecule has 1 aromatic heterocycles. The molecule has 0 bridgehead atoms. The van der Waals surface area contributed by atoms with Crippen LogP contribution in [0, 0.1) is 0 Å². The molecular formula is C22H22F2N4O2. The fourth-order valence-corrected chi connectivity index (χ4v) is 3.86. The number of carbonyl (C=O) groups excluding carboxylic acids is 1. The van der Waals surface area contributed by atoms with E-state index in [4.69, 9.17) is 4.84 Å². The third kappa shape index (κ3) is 3.65. The van der Waals surface area contributed by atoms with Gasteiger partial charge in [0.25, 0.3) is 5.91 Å². The van der Waals surface area contributed by atoms with Crippen molar-refractivity contribution in [3.05, 3.63) is 59.9 Å². The van der Waals surface area contributed by atoms with Gasteiger partial charge in [0.2, 0.25) is 0 Å². The Labute approximate surface area is 172 Å². The first-order valence-corrected chi connectivity index (χ1v) is 9.79. The number of aromatic nitrogens is 2. The lowest BCUT2D eigenvalue weighted by Gasteiger charge is -2.34. The molecule has 1 amide bonds. The van der Waals surface area contributed by atoms with E-state index in [2.05, 4.69) is 10.1 Å². The zero-order valence-corrected chi connectivity index (χ0v) is 16.8. The summed E-state index contributed by atoms with van der Waals surface area (Å²) in [5.74, 6) is -0.219. The number of aryl methyl sites for hydroxylation is 1. The Balaban J connectivity index is 1.52. The Morgan fingerprint density at radius 2 is 1.97 bits per heavy atom. The normalized spacial score (nSPS) is 16.8. The van der Waals surface area contributed by atoms with Gasteiger partial charge in [-0.2, -0.15) is 8.78 Å². The van der Waals surface area contributed by atoms with Crippen molar-refractivity contribution in [2.45, 2.75) is 39.3 Å². The molecule has 0 saturated carbocycles. The number of rotatable bonds is 5. The van der Waals surface area contributed by atoms with E-state index in [0.717, 1.165) is 28.7 Å². The number of halogens is 2. The first-order valence-electron chi connectivity index (χ1n) is 9.79. The zero-order valence-electron chi connectivity index (χ0n) is 16.8. The van der Waals surface area contributed by atoms with Gasteiger partial charge >= 0.3 is 6.55 Å². The van der Waals surface area contributed by atoms with Crippen molar-refractivity contribution in [1.29, 1.82) is 0 Å². The summed E-state index contributed by atoms with van der Waals surface area (Å²) in [6, 6.07) is 14.5. The van der Waals surface area contributed by atoms with Crippen LogP contribution in [0.3, 0.4) is 0 Å². The number of anilines is 1. The number of nitrogens with zero attached hydrogens (tertiary/aromatic N) is 4. The molecule has 0 N–H and O–H groups in total. The summed E-state index contributed by atoms with van der Waals surface area (Å²) in [5, 5.41) is 3.90. The number of amides is 1. The topological polar surface area (TPSA) is 59.7 Å². The lowest BCUT2D eigenvalue weighted by molar-refractivity contribution is -0.123. The first-order chi connectivity index (χ1) is 14.5. The van der Waals surface area contributed by atoms with Crippen LogP contribution < -0.4 is 4.90 Å². The number of carbonyl (C=O) groups is 1. The van der Waals surface area contributed by atoms with E-state index < -0.39 is 6.55 Å². The number of benzene rings is 2. The average Bonchev–Trinajstić information content (AvgIpc) is 3.13. The van der Waals surface area contributed by atoms with Crippen molar-refractivity contribution in [3.8, 4) is 0 Å². The molecule has 1 unspecified atom stereocenters. The van der Waals surface area contributed by atoms with E-state index >= 15 is 0 Å². The summed E-state index contributed by atoms with van der Waals surface area (Å²) >= 11 is 0. The lowest BCUT2D eigenvalue weighted by atomic mass is 9.96. The minimum atomic E-state index is -2.77. The number of oxime groups is 1. The van der Waals surface area contributed by atoms with Gasteiger partial charge in [0.05, 0.1) is 11.0 Å². The zero-order chi connectivity index (χ0) is 21.3. The molecule has 1 atom stereocenters. The Hall–Kier alpha value is -3.29.